The van der Waals surface area contributed by atoms with Gasteiger partial charge in [-0.25, -0.2) is 0 Å². The number of guanidine groups is 1. The van der Waals surface area contributed by atoms with Crippen molar-refractivity contribution in [3.05, 3.63) is 23.8 Å². The molecule has 1 atom stereocenters. The maximum Gasteiger partial charge on any atom is 0.193 e. The Labute approximate surface area is 162 Å². The van der Waals surface area contributed by atoms with Crippen LogP contribution in [0.1, 0.15) is 25.8 Å². The molecule has 0 amide bonds. The van der Waals surface area contributed by atoms with E-state index in [1.165, 1.54) is 11.3 Å². The van der Waals surface area contributed by atoms with E-state index < -0.39 is 0 Å². The third-order valence-electron chi connectivity index (χ3n) is 4.72. The minimum Gasteiger partial charge on any atom is -0.493 e. The maximum absolute atomic E-state index is 5.38. The SMILES string of the molecule is CN=C(NCCCc1ccc(OC)c(OC)c1)N1CCSC(C(C)C)C1. The largest absolute Gasteiger partial charge is 0.493 e. The van der Waals surface area contributed by atoms with Crippen molar-refractivity contribution in [3.8, 4) is 11.5 Å². The van der Waals surface area contributed by atoms with Crippen molar-refractivity contribution in [2.75, 3.05) is 46.7 Å². The van der Waals surface area contributed by atoms with Crippen molar-refractivity contribution in [1.29, 1.82) is 0 Å². The predicted molar refractivity (Wildman–Crippen MR) is 112 cm³/mol. The summed E-state index contributed by atoms with van der Waals surface area (Å²) >= 11 is 2.09. The first-order valence-electron chi connectivity index (χ1n) is 9.37. The van der Waals surface area contributed by atoms with Crippen molar-refractivity contribution in [1.82, 2.24) is 10.2 Å². The number of nitrogens with one attached hydrogen (secondary N) is 1. The molecule has 1 aliphatic heterocycles. The van der Waals surface area contributed by atoms with E-state index >= 15 is 0 Å². The molecule has 1 fully saturated rings. The molecular formula is C20H33N3O2S. The van der Waals surface area contributed by atoms with E-state index in [2.05, 4.69) is 53.0 Å². The van der Waals surface area contributed by atoms with Crippen molar-refractivity contribution < 1.29 is 9.47 Å². The molecule has 1 N–H and O–H groups in total. The second-order valence-electron chi connectivity index (χ2n) is 6.87. The molecule has 5 nitrogen and oxygen atoms in total. The van der Waals surface area contributed by atoms with E-state index in [1.54, 1.807) is 14.2 Å². The lowest BCUT2D eigenvalue weighted by Gasteiger charge is -2.36. The Balaban J connectivity index is 1.81. The van der Waals surface area contributed by atoms with Gasteiger partial charge in [0.1, 0.15) is 0 Å². The zero-order valence-electron chi connectivity index (χ0n) is 16.7. The number of benzene rings is 1. The van der Waals surface area contributed by atoms with Gasteiger partial charge >= 0.3 is 0 Å². The molecule has 1 unspecified atom stereocenters. The summed E-state index contributed by atoms with van der Waals surface area (Å²) in [5.41, 5.74) is 1.26. The van der Waals surface area contributed by atoms with Crippen LogP contribution in [0.5, 0.6) is 11.5 Å². The van der Waals surface area contributed by atoms with Gasteiger partial charge in [-0.3, -0.25) is 4.99 Å². The number of nitrogens with zero attached hydrogens (tertiary/aromatic N) is 2. The summed E-state index contributed by atoms with van der Waals surface area (Å²) < 4.78 is 10.7. The Morgan fingerprint density at radius 3 is 2.73 bits per heavy atom. The Hall–Kier alpha value is -1.56. The van der Waals surface area contributed by atoms with Crippen LogP contribution >= 0.6 is 11.8 Å². The van der Waals surface area contributed by atoms with Gasteiger partial charge in [0, 0.05) is 37.7 Å². The van der Waals surface area contributed by atoms with E-state index in [9.17, 15) is 0 Å². The number of hydrogen-bond donors (Lipinski definition) is 1. The summed E-state index contributed by atoms with van der Waals surface area (Å²) in [5, 5.41) is 4.22. The van der Waals surface area contributed by atoms with E-state index in [0.29, 0.717) is 11.2 Å². The van der Waals surface area contributed by atoms with E-state index in [0.717, 1.165) is 49.9 Å². The maximum atomic E-state index is 5.38. The minimum atomic E-state index is 0.689. The molecule has 0 aromatic heterocycles. The molecule has 2 rings (SSSR count). The fourth-order valence-electron chi connectivity index (χ4n) is 3.13. The van der Waals surface area contributed by atoms with Gasteiger partial charge in [-0.05, 0) is 36.5 Å². The van der Waals surface area contributed by atoms with Crippen LogP contribution in [0.3, 0.4) is 0 Å². The average Bonchev–Trinajstić information content (AvgIpc) is 2.67. The number of rotatable bonds is 7. The molecule has 26 heavy (non-hydrogen) atoms. The van der Waals surface area contributed by atoms with Gasteiger partial charge in [-0.1, -0.05) is 19.9 Å². The van der Waals surface area contributed by atoms with Crippen LogP contribution in [0.25, 0.3) is 0 Å². The van der Waals surface area contributed by atoms with Gasteiger partial charge < -0.3 is 19.7 Å². The van der Waals surface area contributed by atoms with Gasteiger partial charge in [0.2, 0.25) is 0 Å². The monoisotopic (exact) mass is 379 g/mol. The normalized spacial score (nSPS) is 18.2. The highest BCUT2D eigenvalue weighted by molar-refractivity contribution is 8.00. The van der Waals surface area contributed by atoms with Crippen molar-refractivity contribution in [2.24, 2.45) is 10.9 Å². The highest BCUT2D eigenvalue weighted by Gasteiger charge is 2.24. The van der Waals surface area contributed by atoms with Crippen molar-refractivity contribution in [2.45, 2.75) is 31.9 Å². The zero-order chi connectivity index (χ0) is 18.9. The van der Waals surface area contributed by atoms with Crippen molar-refractivity contribution >= 4 is 17.7 Å². The first-order chi connectivity index (χ1) is 12.6. The molecule has 0 radical (unpaired) electrons. The fraction of sp³-hybridized carbons (Fsp3) is 0.650. The second kappa shape index (κ2) is 10.6. The van der Waals surface area contributed by atoms with Crippen LogP contribution in [-0.2, 0) is 6.42 Å². The first-order valence-corrected chi connectivity index (χ1v) is 10.4. The molecule has 0 saturated carbocycles. The average molecular weight is 380 g/mol. The van der Waals surface area contributed by atoms with E-state index in [-0.39, 0.29) is 0 Å². The highest BCUT2D eigenvalue weighted by Crippen LogP contribution is 2.28. The summed E-state index contributed by atoms with van der Waals surface area (Å²) in [6, 6.07) is 6.13. The molecule has 1 aliphatic rings. The Kier molecular flexibility index (Phi) is 8.42. The fourth-order valence-corrected chi connectivity index (χ4v) is 4.43. The summed E-state index contributed by atoms with van der Waals surface area (Å²) in [4.78, 5) is 6.89. The number of hydrogen-bond acceptors (Lipinski definition) is 4. The molecule has 0 spiro atoms. The van der Waals surface area contributed by atoms with Gasteiger partial charge in [0.25, 0.3) is 0 Å². The third kappa shape index (κ3) is 5.73. The van der Waals surface area contributed by atoms with Crippen LogP contribution in [0, 0.1) is 5.92 Å². The lowest BCUT2D eigenvalue weighted by molar-refractivity contribution is 0.354. The molecule has 1 saturated heterocycles. The number of methoxy groups -OCH3 is 2. The van der Waals surface area contributed by atoms with Crippen LogP contribution in [0.4, 0.5) is 0 Å². The zero-order valence-corrected chi connectivity index (χ0v) is 17.6. The van der Waals surface area contributed by atoms with Crippen LogP contribution in [0.2, 0.25) is 0 Å². The quantitative estimate of drug-likeness (QED) is 0.447. The molecule has 146 valence electrons. The topological polar surface area (TPSA) is 46.1 Å². The molecule has 0 bridgehead atoms. The lowest BCUT2D eigenvalue weighted by Crippen LogP contribution is -2.49. The molecular weight excluding hydrogens is 346 g/mol. The minimum absolute atomic E-state index is 0.689. The Morgan fingerprint density at radius 1 is 1.31 bits per heavy atom. The van der Waals surface area contributed by atoms with E-state index in [1.807, 2.05) is 13.1 Å². The number of ether oxygens (including phenoxy) is 2. The molecule has 6 heteroatoms. The standard InChI is InChI=1S/C20H33N3O2S/c1-15(2)19-14-23(11-12-26-19)20(21-3)22-10-6-7-16-8-9-17(24-4)18(13-16)25-5/h8-9,13,15,19H,6-7,10-12,14H2,1-5H3,(H,21,22). The third-order valence-corrected chi connectivity index (χ3v) is 6.26. The van der Waals surface area contributed by atoms with Crippen LogP contribution < -0.4 is 14.8 Å². The number of aliphatic imine (C=N–C) groups is 1. The molecule has 1 aromatic carbocycles. The van der Waals surface area contributed by atoms with Gasteiger partial charge in [0.15, 0.2) is 17.5 Å². The van der Waals surface area contributed by atoms with Crippen molar-refractivity contribution in [3.63, 3.8) is 0 Å². The summed E-state index contributed by atoms with van der Waals surface area (Å²) in [5.74, 6) is 4.47. The molecule has 1 aromatic rings. The summed E-state index contributed by atoms with van der Waals surface area (Å²) in [6.07, 6.45) is 2.04. The smallest absolute Gasteiger partial charge is 0.193 e. The van der Waals surface area contributed by atoms with Gasteiger partial charge in [-0.15, -0.1) is 0 Å². The first kappa shape index (κ1) is 20.7. The molecule has 0 aliphatic carbocycles. The summed E-state index contributed by atoms with van der Waals surface area (Å²) in [7, 11) is 5.22. The Bertz CT molecular complexity index is 592. The summed E-state index contributed by atoms with van der Waals surface area (Å²) in [6.45, 7) is 7.68. The second-order valence-corrected chi connectivity index (χ2v) is 8.21. The highest BCUT2D eigenvalue weighted by atomic mass is 32.2. The predicted octanol–water partition coefficient (Wildman–Crippen LogP) is 3.29. The van der Waals surface area contributed by atoms with Gasteiger partial charge in [-0.2, -0.15) is 11.8 Å². The van der Waals surface area contributed by atoms with Gasteiger partial charge in [0.05, 0.1) is 14.2 Å². The lowest BCUT2D eigenvalue weighted by atomic mass is 10.1. The van der Waals surface area contributed by atoms with E-state index in [4.69, 9.17) is 9.47 Å². The van der Waals surface area contributed by atoms with Crippen LogP contribution in [0.15, 0.2) is 23.2 Å². The number of thioether (sulfide) groups is 1. The molecule has 1 heterocycles. The Morgan fingerprint density at radius 2 is 2.08 bits per heavy atom. The van der Waals surface area contributed by atoms with Crippen LogP contribution in [-0.4, -0.2) is 62.8 Å². The number of aryl methyl sites for hydroxylation is 1.